The van der Waals surface area contributed by atoms with Gasteiger partial charge in [-0.25, -0.2) is 9.97 Å². The van der Waals surface area contributed by atoms with Gasteiger partial charge in [0.05, 0.1) is 30.9 Å². The van der Waals surface area contributed by atoms with Gasteiger partial charge in [-0.3, -0.25) is 10.1 Å². The molecule has 2 aromatic rings. The molecule has 0 bridgehead atoms. The highest BCUT2D eigenvalue weighted by Gasteiger charge is 2.39. The number of alkyl halides is 3. The van der Waals surface area contributed by atoms with Gasteiger partial charge in [-0.2, -0.15) is 13.2 Å². The van der Waals surface area contributed by atoms with Crippen molar-refractivity contribution >= 4 is 23.2 Å². The summed E-state index contributed by atoms with van der Waals surface area (Å²) in [5.74, 6) is 0.0760. The maximum absolute atomic E-state index is 13.9. The third kappa shape index (κ3) is 5.97. The van der Waals surface area contributed by atoms with Crippen LogP contribution in [0.4, 0.5) is 30.4 Å². The normalized spacial score (nSPS) is 18.4. The van der Waals surface area contributed by atoms with E-state index in [2.05, 4.69) is 53.5 Å². The monoisotopic (exact) mass is 571 g/mol. The van der Waals surface area contributed by atoms with E-state index in [1.54, 1.807) is 16.8 Å². The molecule has 5 rings (SSSR count). The molecular weight excluding hydrogens is 535 g/mol. The third-order valence-electron chi connectivity index (χ3n) is 8.02. The molecule has 0 saturated heterocycles. The number of carboxylic acid groups (broad SMARTS) is 1. The molecule has 3 N–H and O–H groups in total. The Bertz CT molecular complexity index is 1400. The summed E-state index contributed by atoms with van der Waals surface area (Å²) in [7, 11) is 3.73. The number of nitrogens with one attached hydrogen (secondary N) is 2. The second kappa shape index (κ2) is 10.9. The number of anilines is 3. The molecule has 9 nitrogen and oxygen atoms in total. The Balaban J connectivity index is 1.50. The van der Waals surface area contributed by atoms with Crippen molar-refractivity contribution < 1.29 is 23.1 Å². The maximum Gasteiger partial charge on any atom is 0.419 e. The van der Waals surface area contributed by atoms with Crippen LogP contribution >= 0.6 is 0 Å². The molecule has 41 heavy (non-hydrogen) atoms. The first-order chi connectivity index (χ1) is 19.3. The van der Waals surface area contributed by atoms with Crippen LogP contribution in [0.2, 0.25) is 0 Å². The molecule has 12 heteroatoms. The summed E-state index contributed by atoms with van der Waals surface area (Å²) in [6.07, 6.45) is -0.321. The average Bonchev–Trinajstić information content (AvgIpc) is 2.90. The Morgan fingerprint density at radius 2 is 1.93 bits per heavy atom. The Morgan fingerprint density at radius 3 is 2.66 bits per heavy atom. The van der Waals surface area contributed by atoms with Gasteiger partial charge in [0.15, 0.2) is 0 Å². The van der Waals surface area contributed by atoms with Gasteiger partial charge in [0, 0.05) is 50.7 Å². The molecule has 0 aliphatic carbocycles. The second-order valence-electron chi connectivity index (χ2n) is 11.5. The first kappa shape index (κ1) is 28.7. The van der Waals surface area contributed by atoms with E-state index in [0.29, 0.717) is 36.8 Å². The summed E-state index contributed by atoms with van der Waals surface area (Å²) in [5, 5.41) is 15.3. The van der Waals surface area contributed by atoms with E-state index in [1.807, 2.05) is 6.07 Å². The van der Waals surface area contributed by atoms with Crippen LogP contribution in [0, 0.1) is 0 Å². The fraction of sp³-hybridized carbons (Fsp3) is 0.483. The number of nitrogens with zero attached hydrogens (tertiary/aromatic N) is 5. The molecule has 3 aliphatic heterocycles. The van der Waals surface area contributed by atoms with Gasteiger partial charge in [-0.1, -0.05) is 26.0 Å². The van der Waals surface area contributed by atoms with Gasteiger partial charge in [-0.15, -0.1) is 0 Å². The Labute approximate surface area is 237 Å². The van der Waals surface area contributed by atoms with Gasteiger partial charge in [-0.05, 0) is 42.0 Å². The molecule has 0 fully saturated rings. The predicted molar refractivity (Wildman–Crippen MR) is 151 cm³/mol. The zero-order valence-corrected chi connectivity index (χ0v) is 23.8. The molecular formula is C29H36F3N7O2. The van der Waals surface area contributed by atoms with Crippen molar-refractivity contribution in [2.75, 3.05) is 50.5 Å². The molecule has 0 saturated carbocycles. The molecule has 0 atom stereocenters. The number of rotatable bonds is 7. The van der Waals surface area contributed by atoms with Crippen molar-refractivity contribution in [3.05, 3.63) is 64.4 Å². The number of fused-ring (bicyclic) bond motifs is 2. The fourth-order valence-corrected chi connectivity index (χ4v) is 5.79. The Kier molecular flexibility index (Phi) is 7.62. The topological polar surface area (TPSA) is 96.9 Å². The number of halogens is 3. The van der Waals surface area contributed by atoms with Crippen LogP contribution in [0.25, 0.3) is 0 Å². The molecule has 1 aromatic heterocycles. The molecule has 220 valence electrons. The molecule has 0 spiro atoms. The van der Waals surface area contributed by atoms with Crippen LogP contribution in [0.15, 0.2) is 41.7 Å². The largest absolute Gasteiger partial charge is 0.480 e. The van der Waals surface area contributed by atoms with Crippen molar-refractivity contribution in [3.8, 4) is 0 Å². The number of aromatic nitrogens is 2. The van der Waals surface area contributed by atoms with Crippen LogP contribution in [-0.4, -0.2) is 77.3 Å². The smallest absolute Gasteiger partial charge is 0.419 e. The minimum absolute atomic E-state index is 0.0618. The summed E-state index contributed by atoms with van der Waals surface area (Å²) in [6, 6.07) is 6.26. The first-order valence-electron chi connectivity index (χ1n) is 13.7. The molecule has 0 unspecified atom stereocenters. The number of aliphatic carboxylic acids is 1. The summed E-state index contributed by atoms with van der Waals surface area (Å²) in [6.45, 7) is 6.20. The minimum Gasteiger partial charge on any atom is -0.480 e. The SMILES string of the molecule is CN1CC=CC(C(F)(F)F)=C1N1CCc2c(nc(CNCC(=O)O)nc2Nc2ccc3c(c2)N(C)CCC3(C)C)C1. The summed E-state index contributed by atoms with van der Waals surface area (Å²) in [5.41, 5.74) is 4.12. The van der Waals surface area contributed by atoms with Gasteiger partial charge in [0.25, 0.3) is 0 Å². The number of carboxylic acids is 1. The number of carbonyl (C=O) groups is 1. The van der Waals surface area contributed by atoms with E-state index < -0.39 is 17.7 Å². The number of benzene rings is 1. The van der Waals surface area contributed by atoms with E-state index >= 15 is 0 Å². The van der Waals surface area contributed by atoms with Crippen molar-refractivity contribution in [2.24, 2.45) is 0 Å². The van der Waals surface area contributed by atoms with Crippen molar-refractivity contribution in [2.45, 2.75) is 51.4 Å². The standard InChI is InChI=1S/C29H36F3N7O2/c1-28(2)10-13-37(3)23-14-18(7-8-20(23)28)34-26-19-9-12-39(27-21(29(30,31)32)6-5-11-38(27)4)17-22(19)35-24(36-26)15-33-16-25(40)41/h5-8,14,33H,9-13,15-17H2,1-4H3,(H,40,41)(H,34,35,36). The summed E-state index contributed by atoms with van der Waals surface area (Å²) >= 11 is 0. The zero-order valence-electron chi connectivity index (χ0n) is 23.8. The lowest BCUT2D eigenvalue weighted by Crippen LogP contribution is -2.41. The number of allylic oxidation sites excluding steroid dienone is 2. The minimum atomic E-state index is -4.49. The van der Waals surface area contributed by atoms with Crippen molar-refractivity contribution in [1.29, 1.82) is 0 Å². The third-order valence-corrected chi connectivity index (χ3v) is 8.02. The van der Waals surface area contributed by atoms with Crippen LogP contribution in [0.3, 0.4) is 0 Å². The van der Waals surface area contributed by atoms with E-state index in [0.717, 1.165) is 36.0 Å². The molecule has 3 aliphatic rings. The summed E-state index contributed by atoms with van der Waals surface area (Å²) < 4.78 is 41.8. The lowest BCUT2D eigenvalue weighted by atomic mass is 9.78. The van der Waals surface area contributed by atoms with Crippen molar-refractivity contribution in [3.63, 3.8) is 0 Å². The molecule has 0 radical (unpaired) electrons. The van der Waals surface area contributed by atoms with Gasteiger partial charge in [0.2, 0.25) is 0 Å². The van der Waals surface area contributed by atoms with Crippen LogP contribution in [-0.2, 0) is 29.7 Å². The van der Waals surface area contributed by atoms with E-state index in [4.69, 9.17) is 10.1 Å². The zero-order chi connectivity index (χ0) is 29.5. The quantitative estimate of drug-likeness (QED) is 0.453. The number of likely N-dealkylation sites (N-methyl/N-ethyl adjacent to an activating group) is 1. The van der Waals surface area contributed by atoms with Gasteiger partial charge >= 0.3 is 12.1 Å². The molecule has 4 heterocycles. The fourth-order valence-electron chi connectivity index (χ4n) is 5.79. The Hall–Kier alpha value is -3.80. The predicted octanol–water partition coefficient (Wildman–Crippen LogP) is 4.15. The second-order valence-corrected chi connectivity index (χ2v) is 11.5. The van der Waals surface area contributed by atoms with Crippen LogP contribution in [0.1, 0.15) is 42.9 Å². The molecule has 1 aromatic carbocycles. The lowest BCUT2D eigenvalue weighted by molar-refractivity contribution is -0.136. The Morgan fingerprint density at radius 1 is 1.15 bits per heavy atom. The molecule has 0 amide bonds. The highest BCUT2D eigenvalue weighted by molar-refractivity contribution is 5.70. The van der Waals surface area contributed by atoms with E-state index in [9.17, 15) is 18.0 Å². The van der Waals surface area contributed by atoms with E-state index in [-0.39, 0.29) is 30.9 Å². The highest BCUT2D eigenvalue weighted by atomic mass is 19.4. The van der Waals surface area contributed by atoms with Gasteiger partial charge in [0.1, 0.15) is 17.5 Å². The van der Waals surface area contributed by atoms with Crippen LogP contribution < -0.4 is 15.5 Å². The average molecular weight is 572 g/mol. The van der Waals surface area contributed by atoms with Crippen LogP contribution in [0.5, 0.6) is 0 Å². The number of hydrogen-bond donors (Lipinski definition) is 3. The highest BCUT2D eigenvalue weighted by Crippen LogP contribution is 2.41. The summed E-state index contributed by atoms with van der Waals surface area (Å²) in [4.78, 5) is 26.0. The van der Waals surface area contributed by atoms with E-state index in [1.165, 1.54) is 11.6 Å². The number of hydrogen-bond acceptors (Lipinski definition) is 8. The van der Waals surface area contributed by atoms with Crippen molar-refractivity contribution in [1.82, 2.24) is 25.1 Å². The van der Waals surface area contributed by atoms with Gasteiger partial charge < -0.3 is 25.1 Å². The lowest BCUT2D eigenvalue weighted by Gasteiger charge is -2.39. The maximum atomic E-state index is 13.9. The first-order valence-corrected chi connectivity index (χ1v) is 13.7.